The van der Waals surface area contributed by atoms with Gasteiger partial charge in [-0.25, -0.2) is 14.4 Å². The van der Waals surface area contributed by atoms with Crippen molar-refractivity contribution in [3.63, 3.8) is 0 Å². The highest BCUT2D eigenvalue weighted by Crippen LogP contribution is 2.40. The van der Waals surface area contributed by atoms with Crippen LogP contribution >= 0.6 is 0 Å². The fourth-order valence-corrected chi connectivity index (χ4v) is 5.42. The third-order valence-electron chi connectivity index (χ3n) is 7.74. The van der Waals surface area contributed by atoms with Crippen LogP contribution in [-0.2, 0) is 23.7 Å². The van der Waals surface area contributed by atoms with Crippen molar-refractivity contribution in [2.24, 2.45) is 23.7 Å². The van der Waals surface area contributed by atoms with Crippen molar-refractivity contribution in [1.29, 1.82) is 0 Å². The molecule has 3 unspecified atom stereocenters. The van der Waals surface area contributed by atoms with E-state index in [9.17, 15) is 19.2 Å². The second-order valence-electron chi connectivity index (χ2n) is 11.4. The van der Waals surface area contributed by atoms with E-state index in [-0.39, 0.29) is 56.9 Å². The molecule has 2 aromatic rings. The van der Waals surface area contributed by atoms with E-state index in [2.05, 4.69) is 27.4 Å². The molecule has 0 bridgehead atoms. The first-order valence-corrected chi connectivity index (χ1v) is 15.4. The van der Waals surface area contributed by atoms with E-state index in [0.29, 0.717) is 41.2 Å². The van der Waals surface area contributed by atoms with Gasteiger partial charge in [0.25, 0.3) is 0 Å². The van der Waals surface area contributed by atoms with Gasteiger partial charge in [-0.2, -0.15) is 0 Å². The number of carbonyl (C=O) groups excluding carboxylic acids is 4. The predicted molar refractivity (Wildman–Crippen MR) is 166 cm³/mol. The lowest BCUT2D eigenvalue weighted by Gasteiger charge is -2.37. The first-order valence-electron chi connectivity index (χ1n) is 15.4. The summed E-state index contributed by atoms with van der Waals surface area (Å²) >= 11 is 0. The Labute approximate surface area is 265 Å². The quantitative estimate of drug-likeness (QED) is 0.0483. The van der Waals surface area contributed by atoms with Crippen LogP contribution in [0.5, 0.6) is 11.5 Å². The van der Waals surface area contributed by atoms with Gasteiger partial charge in [-0.05, 0) is 72.9 Å². The topological polar surface area (TPSA) is 124 Å². The van der Waals surface area contributed by atoms with E-state index in [4.69, 9.17) is 28.4 Å². The van der Waals surface area contributed by atoms with E-state index in [1.54, 1.807) is 24.3 Å². The van der Waals surface area contributed by atoms with Gasteiger partial charge in [0.05, 0.1) is 32.0 Å². The number of carbonyl (C=O) groups is 4. The number of rotatable bonds is 17. The van der Waals surface area contributed by atoms with Crippen LogP contribution in [0.1, 0.15) is 67.2 Å². The number of hydrogen-bond acceptors (Lipinski definition) is 10. The number of Topliss-reactive ketones (excluding diaryl/α,β-unsaturated/α-hetero) is 1. The summed E-state index contributed by atoms with van der Waals surface area (Å²) in [4.78, 5) is 48.5. The van der Waals surface area contributed by atoms with Gasteiger partial charge in [0.15, 0.2) is 5.78 Å². The third kappa shape index (κ3) is 12.5. The van der Waals surface area contributed by atoms with Gasteiger partial charge in [0, 0.05) is 18.1 Å². The van der Waals surface area contributed by atoms with Crippen molar-refractivity contribution >= 4 is 23.9 Å². The zero-order valence-electron chi connectivity index (χ0n) is 26.4. The van der Waals surface area contributed by atoms with Crippen molar-refractivity contribution in [2.45, 2.75) is 46.5 Å². The lowest BCUT2D eigenvalue weighted by Crippen LogP contribution is -2.29. The maximum atomic E-state index is 13.0. The van der Waals surface area contributed by atoms with E-state index < -0.39 is 18.1 Å². The zero-order valence-corrected chi connectivity index (χ0v) is 26.4. The molecule has 0 aliphatic heterocycles. The van der Waals surface area contributed by atoms with Gasteiger partial charge in [-0.3, -0.25) is 4.79 Å². The summed E-state index contributed by atoms with van der Waals surface area (Å²) in [6.45, 7) is 11.1. The molecule has 1 aliphatic carbocycles. The van der Waals surface area contributed by atoms with Crippen LogP contribution in [0.15, 0.2) is 61.2 Å². The SMILES string of the molecule is C=CC(=O)OCCOCCOCCOC(=O)Oc1ccc(OC(=O)c2ccc(C(=O)CC3CC(C)CCC3C(C)C)cc2)cc1. The van der Waals surface area contributed by atoms with Crippen LogP contribution in [0.2, 0.25) is 0 Å². The Morgan fingerprint density at radius 3 is 1.93 bits per heavy atom. The molecule has 0 spiro atoms. The van der Waals surface area contributed by atoms with Crippen LogP contribution in [0.3, 0.4) is 0 Å². The molecular weight excluding hydrogens is 580 g/mol. The zero-order chi connectivity index (χ0) is 32.6. The number of benzene rings is 2. The highest BCUT2D eigenvalue weighted by atomic mass is 16.7. The van der Waals surface area contributed by atoms with Gasteiger partial charge in [0.1, 0.15) is 24.7 Å². The first-order chi connectivity index (χ1) is 21.7. The standard InChI is InChI=1S/C35H44O10/c1-5-33(37)42-20-18-40-16-17-41-19-21-43-35(39)45-30-13-11-29(12-14-30)44-34(38)27-9-7-26(8-10-27)32(36)23-28-22-25(4)6-15-31(28)24(2)3/h5,7-14,24-25,28,31H,1,6,15-23H2,2-4H3. The molecule has 244 valence electrons. The number of esters is 2. The molecule has 0 saturated heterocycles. The normalized spacial score (nSPS) is 17.7. The molecule has 1 aliphatic rings. The van der Waals surface area contributed by atoms with E-state index in [1.165, 1.54) is 37.1 Å². The van der Waals surface area contributed by atoms with Gasteiger partial charge in [-0.1, -0.05) is 45.9 Å². The van der Waals surface area contributed by atoms with Crippen LogP contribution in [-0.4, -0.2) is 63.5 Å². The summed E-state index contributed by atoms with van der Waals surface area (Å²) < 4.78 is 30.8. The molecule has 3 atom stereocenters. The van der Waals surface area contributed by atoms with Crippen molar-refractivity contribution in [3.8, 4) is 11.5 Å². The minimum atomic E-state index is -0.906. The van der Waals surface area contributed by atoms with E-state index in [0.717, 1.165) is 12.5 Å². The molecule has 3 rings (SSSR count). The van der Waals surface area contributed by atoms with Gasteiger partial charge in [-0.15, -0.1) is 0 Å². The molecule has 0 radical (unpaired) electrons. The van der Waals surface area contributed by atoms with Crippen molar-refractivity contribution in [2.75, 3.05) is 39.6 Å². The minimum Gasteiger partial charge on any atom is -0.460 e. The van der Waals surface area contributed by atoms with Crippen molar-refractivity contribution in [3.05, 3.63) is 72.3 Å². The average Bonchev–Trinajstić information content (AvgIpc) is 3.02. The highest BCUT2D eigenvalue weighted by molar-refractivity contribution is 5.98. The van der Waals surface area contributed by atoms with Crippen LogP contribution in [0.25, 0.3) is 0 Å². The highest BCUT2D eigenvalue weighted by Gasteiger charge is 2.32. The molecule has 1 saturated carbocycles. The number of ether oxygens (including phenoxy) is 6. The lowest BCUT2D eigenvalue weighted by molar-refractivity contribution is -0.139. The molecule has 0 amide bonds. The first kappa shape index (κ1) is 35.5. The van der Waals surface area contributed by atoms with E-state index >= 15 is 0 Å². The van der Waals surface area contributed by atoms with Gasteiger partial charge >= 0.3 is 18.1 Å². The Morgan fingerprint density at radius 1 is 0.778 bits per heavy atom. The maximum absolute atomic E-state index is 13.0. The Bertz CT molecular complexity index is 1250. The predicted octanol–water partition coefficient (Wildman–Crippen LogP) is 6.46. The summed E-state index contributed by atoms with van der Waals surface area (Å²) in [6, 6.07) is 12.5. The third-order valence-corrected chi connectivity index (χ3v) is 7.74. The molecule has 1 fully saturated rings. The molecule has 10 nitrogen and oxygen atoms in total. The summed E-state index contributed by atoms with van der Waals surface area (Å²) in [5, 5.41) is 0. The minimum absolute atomic E-state index is 0.0197. The fourth-order valence-electron chi connectivity index (χ4n) is 5.42. The summed E-state index contributed by atoms with van der Waals surface area (Å²) in [6.07, 6.45) is 4.18. The maximum Gasteiger partial charge on any atom is 0.513 e. The number of ketones is 1. The molecule has 2 aromatic carbocycles. The van der Waals surface area contributed by atoms with Gasteiger partial charge < -0.3 is 28.4 Å². The Hall–Kier alpha value is -4.02. The molecular formula is C35H44O10. The fraction of sp³-hybridized carbons (Fsp3) is 0.486. The van der Waals surface area contributed by atoms with Crippen molar-refractivity contribution < 1.29 is 47.6 Å². The average molecular weight is 625 g/mol. The number of hydrogen-bond donors (Lipinski definition) is 0. The summed E-state index contributed by atoms with van der Waals surface area (Å²) in [7, 11) is 0. The Morgan fingerprint density at radius 2 is 1.33 bits per heavy atom. The van der Waals surface area contributed by atoms with Crippen LogP contribution in [0, 0.1) is 23.7 Å². The Kier molecular flexibility index (Phi) is 14.7. The van der Waals surface area contributed by atoms with Crippen LogP contribution in [0.4, 0.5) is 4.79 Å². The smallest absolute Gasteiger partial charge is 0.460 e. The van der Waals surface area contributed by atoms with Crippen LogP contribution < -0.4 is 9.47 Å². The lowest BCUT2D eigenvalue weighted by atomic mass is 9.68. The van der Waals surface area contributed by atoms with Gasteiger partial charge in [0.2, 0.25) is 0 Å². The molecule has 0 aromatic heterocycles. The van der Waals surface area contributed by atoms with E-state index in [1.807, 2.05) is 0 Å². The summed E-state index contributed by atoms with van der Waals surface area (Å²) in [5.41, 5.74) is 0.923. The largest absolute Gasteiger partial charge is 0.513 e. The Balaban J connectivity index is 1.34. The second kappa shape index (κ2) is 18.7. The molecule has 45 heavy (non-hydrogen) atoms. The summed E-state index contributed by atoms with van der Waals surface area (Å²) in [5.74, 6) is 1.65. The second-order valence-corrected chi connectivity index (χ2v) is 11.4. The monoisotopic (exact) mass is 624 g/mol. The molecule has 0 heterocycles. The molecule has 0 N–H and O–H groups in total. The van der Waals surface area contributed by atoms with Crippen molar-refractivity contribution in [1.82, 2.24) is 0 Å². The molecule has 10 heteroatoms.